The van der Waals surface area contributed by atoms with Gasteiger partial charge in [-0.1, -0.05) is 48.5 Å². The molecule has 7 heteroatoms. The maximum absolute atomic E-state index is 13.7. The summed E-state index contributed by atoms with van der Waals surface area (Å²) in [6.07, 6.45) is 2.00. The van der Waals surface area contributed by atoms with Crippen molar-refractivity contribution in [2.75, 3.05) is 13.1 Å². The van der Waals surface area contributed by atoms with Crippen molar-refractivity contribution >= 4 is 17.8 Å². The first-order valence-corrected chi connectivity index (χ1v) is 12.3. The van der Waals surface area contributed by atoms with Crippen molar-refractivity contribution in [1.82, 2.24) is 9.80 Å². The number of fused-ring (bicyclic) bond motifs is 2. The highest BCUT2D eigenvalue weighted by Gasteiger charge is 2.56. The summed E-state index contributed by atoms with van der Waals surface area (Å²) in [4.78, 5) is 34.2. The molecule has 0 unspecified atom stereocenters. The van der Waals surface area contributed by atoms with E-state index in [4.69, 9.17) is 9.73 Å². The van der Waals surface area contributed by atoms with Crippen molar-refractivity contribution in [3.8, 4) is 0 Å². The fourth-order valence-corrected chi connectivity index (χ4v) is 6.13. The van der Waals surface area contributed by atoms with Crippen LogP contribution >= 0.6 is 0 Å². The van der Waals surface area contributed by atoms with Crippen molar-refractivity contribution in [3.63, 3.8) is 0 Å². The average Bonchev–Trinajstić information content (AvgIpc) is 3.43. The predicted molar refractivity (Wildman–Crippen MR) is 131 cm³/mol. The van der Waals surface area contributed by atoms with Crippen molar-refractivity contribution in [2.45, 2.75) is 36.9 Å². The normalized spacial score (nSPS) is 26.4. The number of carbonyl (C=O) groups excluding carboxylic acids is 2. The van der Waals surface area contributed by atoms with E-state index in [2.05, 4.69) is 17.0 Å². The summed E-state index contributed by atoms with van der Waals surface area (Å²) in [7, 11) is 0. The summed E-state index contributed by atoms with van der Waals surface area (Å²) in [5.74, 6) is -0.714. The molecular weight excluding hydrogens is 457 g/mol. The number of aliphatic imine (C=N–C) groups is 1. The first kappa shape index (κ1) is 21.3. The van der Waals surface area contributed by atoms with Gasteiger partial charge in [0.05, 0.1) is 23.7 Å². The Labute approximate surface area is 208 Å². The minimum Gasteiger partial charge on any atom is -0.456 e. The highest BCUT2D eigenvalue weighted by Crippen LogP contribution is 2.46. The van der Waals surface area contributed by atoms with Crippen LogP contribution in [0.1, 0.15) is 56.3 Å². The van der Waals surface area contributed by atoms with Crippen LogP contribution in [0.2, 0.25) is 0 Å². The number of carbonyl (C=O) groups is 2. The van der Waals surface area contributed by atoms with Crippen LogP contribution in [0.4, 0.5) is 4.39 Å². The van der Waals surface area contributed by atoms with Crippen LogP contribution in [-0.4, -0.2) is 52.4 Å². The van der Waals surface area contributed by atoms with Crippen LogP contribution in [-0.2, 0) is 11.2 Å². The number of nitrogens with zero attached hydrogens (tertiary/aromatic N) is 3. The third-order valence-electron chi connectivity index (χ3n) is 7.93. The van der Waals surface area contributed by atoms with Crippen LogP contribution in [0.5, 0.6) is 0 Å². The lowest BCUT2D eigenvalue weighted by Gasteiger charge is -2.47. The summed E-state index contributed by atoms with van der Waals surface area (Å²) >= 11 is 0. The monoisotopic (exact) mass is 481 g/mol. The number of benzene rings is 3. The molecule has 3 aromatic carbocycles. The number of halogens is 1. The number of amides is 2. The molecule has 3 heterocycles. The molecule has 2 amide bonds. The molecule has 1 saturated carbocycles. The van der Waals surface area contributed by atoms with E-state index in [0.717, 1.165) is 18.5 Å². The molecule has 6 nitrogen and oxygen atoms in total. The molecule has 0 radical (unpaired) electrons. The van der Waals surface area contributed by atoms with E-state index in [1.165, 1.54) is 28.2 Å². The molecule has 3 aliphatic heterocycles. The van der Waals surface area contributed by atoms with Gasteiger partial charge in [0, 0.05) is 25.4 Å². The van der Waals surface area contributed by atoms with E-state index in [1.54, 1.807) is 24.3 Å². The first-order valence-electron chi connectivity index (χ1n) is 12.3. The Kier molecular flexibility index (Phi) is 4.58. The van der Waals surface area contributed by atoms with Gasteiger partial charge in [0.2, 0.25) is 0 Å². The molecule has 0 bridgehead atoms. The smallest absolute Gasteiger partial charge is 0.288 e. The molecular formula is C29H24FN3O3. The highest BCUT2D eigenvalue weighted by atomic mass is 19.1. The molecule has 3 aromatic rings. The number of amidine groups is 1. The predicted octanol–water partition coefficient (Wildman–Crippen LogP) is 4.36. The van der Waals surface area contributed by atoms with E-state index in [-0.39, 0.29) is 29.7 Å². The fraction of sp³-hybridized carbons (Fsp3) is 0.276. The first-order chi connectivity index (χ1) is 17.5. The summed E-state index contributed by atoms with van der Waals surface area (Å²) < 4.78 is 20.2. The molecule has 4 aliphatic rings. The molecule has 180 valence electrons. The second-order valence-corrected chi connectivity index (χ2v) is 10.1. The van der Waals surface area contributed by atoms with E-state index in [0.29, 0.717) is 36.5 Å². The molecule has 7 rings (SSSR count). The van der Waals surface area contributed by atoms with E-state index < -0.39 is 5.60 Å². The molecule has 1 spiro atoms. The van der Waals surface area contributed by atoms with Gasteiger partial charge in [-0.25, -0.2) is 9.38 Å². The Hall–Kier alpha value is -4.00. The maximum Gasteiger partial charge on any atom is 0.288 e. The van der Waals surface area contributed by atoms with Gasteiger partial charge >= 0.3 is 0 Å². The van der Waals surface area contributed by atoms with Crippen LogP contribution in [0, 0.1) is 5.82 Å². The van der Waals surface area contributed by atoms with Crippen molar-refractivity contribution in [3.05, 3.63) is 106 Å². The zero-order valence-electron chi connectivity index (χ0n) is 19.6. The van der Waals surface area contributed by atoms with Gasteiger partial charge < -0.3 is 9.64 Å². The minimum absolute atomic E-state index is 0.128. The van der Waals surface area contributed by atoms with Gasteiger partial charge in [0.25, 0.3) is 17.8 Å². The average molecular weight is 482 g/mol. The summed E-state index contributed by atoms with van der Waals surface area (Å²) in [6.45, 7) is 1.23. The second-order valence-electron chi connectivity index (χ2n) is 10.1. The molecule has 0 saturated heterocycles. The van der Waals surface area contributed by atoms with Gasteiger partial charge in [-0.2, -0.15) is 0 Å². The number of imide groups is 1. The molecule has 1 atom stereocenters. The zero-order valence-corrected chi connectivity index (χ0v) is 19.6. The van der Waals surface area contributed by atoms with Gasteiger partial charge in [0.15, 0.2) is 0 Å². The summed E-state index contributed by atoms with van der Waals surface area (Å²) in [6, 6.07) is 22.2. The van der Waals surface area contributed by atoms with Gasteiger partial charge in [-0.3, -0.25) is 14.5 Å². The quantitative estimate of drug-likeness (QED) is 0.511. The van der Waals surface area contributed by atoms with Crippen LogP contribution < -0.4 is 0 Å². The van der Waals surface area contributed by atoms with Crippen LogP contribution in [0.15, 0.2) is 77.8 Å². The van der Waals surface area contributed by atoms with E-state index in [1.807, 2.05) is 24.3 Å². The van der Waals surface area contributed by atoms with Gasteiger partial charge in [-0.05, 0) is 47.4 Å². The van der Waals surface area contributed by atoms with Gasteiger partial charge in [-0.15, -0.1) is 0 Å². The van der Waals surface area contributed by atoms with E-state index >= 15 is 0 Å². The maximum atomic E-state index is 13.7. The topological polar surface area (TPSA) is 62.2 Å². The Morgan fingerprint density at radius 3 is 2.28 bits per heavy atom. The largest absolute Gasteiger partial charge is 0.456 e. The molecule has 0 aromatic heterocycles. The number of ether oxygens (including phenoxy) is 1. The van der Waals surface area contributed by atoms with Crippen LogP contribution in [0.25, 0.3) is 0 Å². The number of hydrogen-bond donors (Lipinski definition) is 0. The highest BCUT2D eigenvalue weighted by molar-refractivity contribution is 6.21. The number of rotatable bonds is 2. The number of hydrogen-bond acceptors (Lipinski definition) is 5. The second kappa shape index (κ2) is 7.75. The van der Waals surface area contributed by atoms with Crippen molar-refractivity contribution < 1.29 is 18.7 Å². The third-order valence-corrected chi connectivity index (χ3v) is 7.93. The van der Waals surface area contributed by atoms with Crippen molar-refractivity contribution in [1.29, 1.82) is 0 Å². The third kappa shape index (κ3) is 3.11. The zero-order chi connectivity index (χ0) is 24.4. The Morgan fingerprint density at radius 2 is 1.56 bits per heavy atom. The van der Waals surface area contributed by atoms with E-state index in [9.17, 15) is 14.0 Å². The summed E-state index contributed by atoms with van der Waals surface area (Å²) in [5, 5.41) is 0. The molecule has 1 fully saturated rings. The van der Waals surface area contributed by atoms with Crippen LogP contribution in [0.3, 0.4) is 0 Å². The summed E-state index contributed by atoms with van der Waals surface area (Å²) in [5.41, 5.74) is 3.86. The lowest BCUT2D eigenvalue weighted by molar-refractivity contribution is -0.0530. The molecule has 36 heavy (non-hydrogen) atoms. The minimum atomic E-state index is -0.500. The molecule has 1 aliphatic carbocycles. The van der Waals surface area contributed by atoms with Crippen molar-refractivity contribution in [2.24, 2.45) is 4.99 Å². The Bertz CT molecular complexity index is 1390. The fourth-order valence-electron chi connectivity index (χ4n) is 6.13. The lowest BCUT2D eigenvalue weighted by Crippen LogP contribution is -2.59. The Morgan fingerprint density at radius 1 is 0.889 bits per heavy atom. The molecule has 0 N–H and O–H groups in total. The standard InChI is InChI=1S/C29H24FN3O3/c30-20-11-9-19(10-12-20)25-22-6-2-1-5-18(22)13-14-32(25)28-31-17-29(36-28)15-21(16-29)33-26(34)23-7-3-4-8-24(23)27(33)35/h1-12,21,25H,13-17H2/t21?,25-,29?/m0/s1. The SMILES string of the molecule is O=C1c2ccccc2C(=O)N1C1CC2(CN=C(N3CCc4ccccc4[C@@H]3c3ccc(F)cc3)O2)C1. The Balaban J connectivity index is 1.12. The van der Waals surface area contributed by atoms with Gasteiger partial charge in [0.1, 0.15) is 11.4 Å². The lowest BCUT2D eigenvalue weighted by atomic mass is 9.75.